The SMILES string of the molecule is CCC(CC)C12CCCCC1C2(Cl)Cl. The minimum absolute atomic E-state index is 0.290. The summed E-state index contributed by atoms with van der Waals surface area (Å²) in [5.41, 5.74) is 0.290. The predicted octanol–water partition coefficient (Wildman–Crippen LogP) is 4.79. The zero-order valence-electron chi connectivity index (χ0n) is 9.15. The summed E-state index contributed by atoms with van der Waals surface area (Å²) in [4.78, 5) is 0. The molecule has 2 rings (SSSR count). The van der Waals surface area contributed by atoms with E-state index in [0.29, 0.717) is 5.92 Å². The van der Waals surface area contributed by atoms with Crippen LogP contribution in [0.2, 0.25) is 0 Å². The molecule has 0 heterocycles. The Morgan fingerprint density at radius 2 is 1.86 bits per heavy atom. The molecule has 0 aliphatic heterocycles. The lowest BCUT2D eigenvalue weighted by Crippen LogP contribution is -2.23. The molecule has 0 N–H and O–H groups in total. The van der Waals surface area contributed by atoms with Crippen LogP contribution in [0.1, 0.15) is 52.4 Å². The molecule has 0 nitrogen and oxygen atoms in total. The molecule has 0 saturated heterocycles. The van der Waals surface area contributed by atoms with E-state index in [1.165, 1.54) is 38.5 Å². The van der Waals surface area contributed by atoms with Crippen molar-refractivity contribution < 1.29 is 0 Å². The summed E-state index contributed by atoms with van der Waals surface area (Å²) in [6.45, 7) is 4.55. The summed E-state index contributed by atoms with van der Waals surface area (Å²) in [7, 11) is 0. The van der Waals surface area contributed by atoms with Gasteiger partial charge in [-0.2, -0.15) is 0 Å². The summed E-state index contributed by atoms with van der Waals surface area (Å²) in [5.74, 6) is 1.33. The molecule has 0 amide bonds. The van der Waals surface area contributed by atoms with Gasteiger partial charge in [0.15, 0.2) is 0 Å². The van der Waals surface area contributed by atoms with E-state index in [4.69, 9.17) is 23.2 Å². The molecule has 2 fully saturated rings. The second-order valence-corrected chi connectivity index (χ2v) is 6.36. The van der Waals surface area contributed by atoms with Gasteiger partial charge in [0, 0.05) is 11.3 Å². The van der Waals surface area contributed by atoms with E-state index in [0.717, 1.165) is 5.92 Å². The number of hydrogen-bond acceptors (Lipinski definition) is 0. The Morgan fingerprint density at radius 1 is 1.21 bits per heavy atom. The first kappa shape index (κ1) is 11.1. The lowest BCUT2D eigenvalue weighted by molar-refractivity contribution is 0.207. The van der Waals surface area contributed by atoms with Gasteiger partial charge in [0.1, 0.15) is 4.33 Å². The van der Waals surface area contributed by atoms with E-state index in [1.807, 2.05) is 0 Å². The van der Waals surface area contributed by atoms with E-state index in [2.05, 4.69) is 13.8 Å². The molecule has 0 bridgehead atoms. The summed E-state index contributed by atoms with van der Waals surface area (Å²) in [6.07, 6.45) is 7.63. The average molecular weight is 235 g/mol. The normalized spacial score (nSPS) is 39.6. The third-order valence-corrected chi connectivity index (χ3v) is 5.87. The van der Waals surface area contributed by atoms with Crippen molar-refractivity contribution in [2.75, 3.05) is 0 Å². The van der Waals surface area contributed by atoms with Crippen LogP contribution in [0.3, 0.4) is 0 Å². The van der Waals surface area contributed by atoms with Gasteiger partial charge in [0.25, 0.3) is 0 Å². The minimum atomic E-state index is -0.389. The van der Waals surface area contributed by atoms with Gasteiger partial charge in [-0.3, -0.25) is 0 Å². The molecule has 0 aromatic rings. The molecule has 2 unspecified atom stereocenters. The number of rotatable bonds is 3. The molecule has 2 atom stereocenters. The maximum atomic E-state index is 6.49. The summed E-state index contributed by atoms with van der Waals surface area (Å²) >= 11 is 13.0. The highest BCUT2D eigenvalue weighted by Gasteiger charge is 2.77. The second kappa shape index (κ2) is 3.56. The third-order valence-electron chi connectivity index (χ3n) is 4.64. The standard InChI is InChI=1S/C12H20Cl2/c1-3-9(4-2)11-8-6-5-7-10(11)12(11,13)14/h9-10H,3-8H2,1-2H3. The zero-order chi connectivity index (χ0) is 10.4. The van der Waals surface area contributed by atoms with Gasteiger partial charge < -0.3 is 0 Å². The third kappa shape index (κ3) is 1.19. The zero-order valence-corrected chi connectivity index (χ0v) is 10.7. The number of halogens is 2. The average Bonchev–Trinajstić information content (AvgIpc) is 2.68. The Labute approximate surface area is 97.3 Å². The maximum absolute atomic E-state index is 6.49. The molecular weight excluding hydrogens is 215 g/mol. The van der Waals surface area contributed by atoms with Gasteiger partial charge in [-0.15, -0.1) is 23.2 Å². The molecule has 0 aromatic carbocycles. The van der Waals surface area contributed by atoms with Crippen molar-refractivity contribution in [3.8, 4) is 0 Å². The first-order valence-corrected chi connectivity index (χ1v) is 6.74. The topological polar surface area (TPSA) is 0 Å². The Hall–Kier alpha value is 0.580. The largest absolute Gasteiger partial charge is 0.128 e. The van der Waals surface area contributed by atoms with E-state index < -0.39 is 0 Å². The molecule has 0 aromatic heterocycles. The summed E-state index contributed by atoms with van der Waals surface area (Å²) in [6, 6.07) is 0. The molecule has 2 heteroatoms. The molecule has 2 aliphatic rings. The van der Waals surface area contributed by atoms with Crippen LogP contribution in [0.25, 0.3) is 0 Å². The van der Waals surface area contributed by atoms with Crippen molar-refractivity contribution in [2.45, 2.75) is 56.7 Å². The van der Waals surface area contributed by atoms with Crippen LogP contribution >= 0.6 is 23.2 Å². The van der Waals surface area contributed by atoms with Crippen molar-refractivity contribution in [2.24, 2.45) is 17.3 Å². The molecule has 82 valence electrons. The first-order chi connectivity index (χ1) is 6.61. The Balaban J connectivity index is 2.21. The van der Waals surface area contributed by atoms with Crippen LogP contribution in [0, 0.1) is 17.3 Å². The first-order valence-electron chi connectivity index (χ1n) is 5.99. The number of alkyl halides is 2. The summed E-state index contributed by atoms with van der Waals surface area (Å²) < 4.78 is -0.389. The molecular formula is C12H20Cl2. The maximum Gasteiger partial charge on any atom is 0.128 e. The number of fused-ring (bicyclic) bond motifs is 1. The highest BCUT2D eigenvalue weighted by Crippen LogP contribution is 2.78. The Kier molecular flexibility index (Phi) is 2.81. The van der Waals surface area contributed by atoms with Crippen LogP contribution in [0.15, 0.2) is 0 Å². The minimum Gasteiger partial charge on any atom is -0.101 e. The van der Waals surface area contributed by atoms with Crippen LogP contribution in [-0.4, -0.2) is 4.33 Å². The molecule has 0 radical (unpaired) electrons. The van der Waals surface area contributed by atoms with Crippen LogP contribution < -0.4 is 0 Å². The van der Waals surface area contributed by atoms with Gasteiger partial charge in [0.2, 0.25) is 0 Å². The van der Waals surface area contributed by atoms with Gasteiger partial charge in [-0.1, -0.05) is 39.5 Å². The fraction of sp³-hybridized carbons (Fsp3) is 1.00. The van der Waals surface area contributed by atoms with E-state index in [9.17, 15) is 0 Å². The van der Waals surface area contributed by atoms with E-state index >= 15 is 0 Å². The molecule has 14 heavy (non-hydrogen) atoms. The van der Waals surface area contributed by atoms with Crippen molar-refractivity contribution in [3.05, 3.63) is 0 Å². The fourth-order valence-corrected chi connectivity index (χ4v) is 5.14. The van der Waals surface area contributed by atoms with Crippen molar-refractivity contribution in [1.29, 1.82) is 0 Å². The van der Waals surface area contributed by atoms with Crippen molar-refractivity contribution in [1.82, 2.24) is 0 Å². The van der Waals surface area contributed by atoms with Gasteiger partial charge >= 0.3 is 0 Å². The lowest BCUT2D eigenvalue weighted by atomic mass is 9.76. The molecule has 2 aliphatic carbocycles. The lowest BCUT2D eigenvalue weighted by Gasteiger charge is -2.30. The van der Waals surface area contributed by atoms with Gasteiger partial charge in [-0.25, -0.2) is 0 Å². The monoisotopic (exact) mass is 234 g/mol. The fourth-order valence-electron chi connectivity index (χ4n) is 3.88. The van der Waals surface area contributed by atoms with Crippen LogP contribution in [-0.2, 0) is 0 Å². The Morgan fingerprint density at radius 3 is 2.36 bits per heavy atom. The van der Waals surface area contributed by atoms with Crippen LogP contribution in [0.4, 0.5) is 0 Å². The predicted molar refractivity (Wildman–Crippen MR) is 62.9 cm³/mol. The van der Waals surface area contributed by atoms with E-state index in [-0.39, 0.29) is 9.75 Å². The van der Waals surface area contributed by atoms with Crippen molar-refractivity contribution >= 4 is 23.2 Å². The highest BCUT2D eigenvalue weighted by molar-refractivity contribution is 6.52. The Bertz CT molecular complexity index is 220. The summed E-state index contributed by atoms with van der Waals surface area (Å²) in [5, 5.41) is 0. The molecule has 0 spiro atoms. The second-order valence-electron chi connectivity index (χ2n) is 4.98. The van der Waals surface area contributed by atoms with Gasteiger partial charge in [0.05, 0.1) is 0 Å². The molecule has 2 saturated carbocycles. The smallest absolute Gasteiger partial charge is 0.101 e. The van der Waals surface area contributed by atoms with E-state index in [1.54, 1.807) is 0 Å². The number of hydrogen-bond donors (Lipinski definition) is 0. The van der Waals surface area contributed by atoms with Gasteiger partial charge in [-0.05, 0) is 18.8 Å². The van der Waals surface area contributed by atoms with Crippen LogP contribution in [0.5, 0.6) is 0 Å². The quantitative estimate of drug-likeness (QED) is 0.617. The van der Waals surface area contributed by atoms with Crippen molar-refractivity contribution in [3.63, 3.8) is 0 Å². The highest BCUT2D eigenvalue weighted by atomic mass is 35.5.